The van der Waals surface area contributed by atoms with Gasteiger partial charge in [-0.1, -0.05) is 83.2 Å². The Hall–Kier alpha value is -2.49. The Balaban J connectivity index is 1.65. The molecular weight excluding hydrogens is 546 g/mol. The Morgan fingerprint density at radius 3 is 2.37 bits per heavy atom. The van der Waals surface area contributed by atoms with E-state index in [0.29, 0.717) is 38.3 Å². The van der Waals surface area contributed by atoms with Crippen molar-refractivity contribution in [2.75, 3.05) is 33.9 Å². The first-order chi connectivity index (χ1) is 20.5. The normalized spacial score (nSPS) is 23.2. The summed E-state index contributed by atoms with van der Waals surface area (Å²) in [6, 6.07) is 9.22. The molecule has 9 nitrogen and oxygen atoms in total. The van der Waals surface area contributed by atoms with Gasteiger partial charge in [-0.2, -0.15) is 0 Å². The zero-order chi connectivity index (χ0) is 31.6. The van der Waals surface area contributed by atoms with Crippen molar-refractivity contribution < 1.29 is 29.3 Å². The van der Waals surface area contributed by atoms with Crippen LogP contribution in [0.15, 0.2) is 30.3 Å². The molecule has 1 aromatic rings. The summed E-state index contributed by atoms with van der Waals surface area (Å²) in [5.41, 5.74) is 0.159. The fraction of sp³-hybridized carbons (Fsp3) is 0.735. The van der Waals surface area contributed by atoms with Gasteiger partial charge in [0.2, 0.25) is 17.7 Å². The van der Waals surface area contributed by atoms with E-state index in [-0.39, 0.29) is 42.5 Å². The van der Waals surface area contributed by atoms with Crippen molar-refractivity contribution in [2.45, 2.75) is 103 Å². The van der Waals surface area contributed by atoms with E-state index < -0.39 is 29.6 Å². The fourth-order valence-corrected chi connectivity index (χ4v) is 6.51. The second-order valence-electron chi connectivity index (χ2n) is 13.5. The van der Waals surface area contributed by atoms with E-state index in [2.05, 4.69) is 10.6 Å². The van der Waals surface area contributed by atoms with Gasteiger partial charge in [0, 0.05) is 33.7 Å². The molecular formula is C34H55N3O6. The van der Waals surface area contributed by atoms with Crippen molar-refractivity contribution in [3.8, 4) is 0 Å². The molecule has 9 heteroatoms. The predicted molar refractivity (Wildman–Crippen MR) is 167 cm³/mol. The number of ether oxygens (including phenoxy) is 1. The molecule has 2 fully saturated rings. The number of amides is 3. The average molecular weight is 602 g/mol. The maximum atomic E-state index is 13.7. The highest BCUT2D eigenvalue weighted by atomic mass is 16.5. The molecule has 0 aliphatic heterocycles. The first kappa shape index (κ1) is 35.0. The Morgan fingerprint density at radius 2 is 1.74 bits per heavy atom. The lowest BCUT2D eigenvalue weighted by Gasteiger charge is -2.33. The number of methoxy groups -OCH3 is 1. The minimum Gasteiger partial charge on any atom is -0.390 e. The molecule has 2 aliphatic carbocycles. The summed E-state index contributed by atoms with van der Waals surface area (Å²) in [6.45, 7) is 6.72. The van der Waals surface area contributed by atoms with E-state index >= 15 is 0 Å². The van der Waals surface area contributed by atoms with Gasteiger partial charge in [0.1, 0.15) is 6.10 Å². The summed E-state index contributed by atoms with van der Waals surface area (Å²) in [5.74, 6) is -0.619. The number of carbonyl (C=O) groups is 3. The summed E-state index contributed by atoms with van der Waals surface area (Å²) >= 11 is 0. The van der Waals surface area contributed by atoms with Crippen LogP contribution in [0.1, 0.15) is 90.0 Å². The van der Waals surface area contributed by atoms with Crippen LogP contribution in [-0.4, -0.2) is 84.9 Å². The third-order valence-corrected chi connectivity index (χ3v) is 9.43. The van der Waals surface area contributed by atoms with E-state index in [1.807, 2.05) is 44.2 Å². The highest BCUT2D eigenvalue weighted by molar-refractivity contribution is 5.93. The number of likely N-dealkylation sites (N-methyl/N-ethyl adjacent to an activating group) is 1. The van der Waals surface area contributed by atoms with Crippen LogP contribution in [0.5, 0.6) is 0 Å². The van der Waals surface area contributed by atoms with Crippen LogP contribution >= 0.6 is 0 Å². The average Bonchev–Trinajstić information content (AvgIpc) is 3.73. The highest BCUT2D eigenvalue weighted by Crippen LogP contribution is 2.62. The van der Waals surface area contributed by atoms with Gasteiger partial charge >= 0.3 is 0 Å². The number of rotatable bonds is 17. The van der Waals surface area contributed by atoms with Gasteiger partial charge in [-0.15, -0.1) is 0 Å². The first-order valence-corrected chi connectivity index (χ1v) is 16.2. The van der Waals surface area contributed by atoms with Crippen molar-refractivity contribution in [1.29, 1.82) is 0 Å². The quantitative estimate of drug-likeness (QED) is 0.216. The van der Waals surface area contributed by atoms with Crippen LogP contribution < -0.4 is 10.6 Å². The fourth-order valence-electron chi connectivity index (χ4n) is 6.51. The molecule has 0 spiro atoms. The smallest absolute Gasteiger partial charge is 0.227 e. The molecule has 43 heavy (non-hydrogen) atoms. The van der Waals surface area contributed by atoms with Crippen molar-refractivity contribution in [1.82, 2.24) is 15.5 Å². The number of benzene rings is 1. The van der Waals surface area contributed by atoms with Crippen LogP contribution in [0.4, 0.5) is 0 Å². The molecule has 0 heterocycles. The molecule has 2 aliphatic rings. The Bertz CT molecular complexity index is 1030. The lowest BCUT2D eigenvalue weighted by molar-refractivity contribution is -0.137. The molecule has 0 radical (unpaired) electrons. The van der Waals surface area contributed by atoms with E-state index in [0.717, 1.165) is 31.2 Å². The second kappa shape index (κ2) is 16.5. The van der Waals surface area contributed by atoms with Crippen LogP contribution in [0.25, 0.3) is 0 Å². The number of aliphatic hydroxyl groups is 2. The SMILES string of the molecule is COCCN(C)C(=O)C[C@]1(C(=O)NC[C@@H](C)C(=O)N[C@@H](CC2CCCCC2)[C@@H](O)[C@@H](O)CC(C)C)CC1c1ccccc1. The minimum absolute atomic E-state index is 0.0740. The van der Waals surface area contributed by atoms with E-state index in [4.69, 9.17) is 4.74 Å². The molecule has 4 N–H and O–H groups in total. The number of carbonyl (C=O) groups excluding carboxylic acids is 3. The van der Waals surface area contributed by atoms with Gasteiger partial charge in [-0.05, 0) is 42.6 Å². The van der Waals surface area contributed by atoms with E-state index in [9.17, 15) is 24.6 Å². The van der Waals surface area contributed by atoms with Crippen LogP contribution in [0.2, 0.25) is 0 Å². The molecule has 0 aromatic heterocycles. The number of nitrogens with zero attached hydrogens (tertiary/aromatic N) is 1. The molecule has 242 valence electrons. The molecule has 1 unspecified atom stereocenters. The lowest BCUT2D eigenvalue weighted by Crippen LogP contribution is -2.52. The number of nitrogens with one attached hydrogen (secondary N) is 2. The second-order valence-corrected chi connectivity index (χ2v) is 13.5. The molecule has 0 saturated heterocycles. The number of hydrogen-bond donors (Lipinski definition) is 4. The van der Waals surface area contributed by atoms with Gasteiger partial charge in [0.25, 0.3) is 0 Å². The molecule has 6 atom stereocenters. The van der Waals surface area contributed by atoms with Crippen molar-refractivity contribution in [3.05, 3.63) is 35.9 Å². The minimum atomic E-state index is -1.06. The summed E-state index contributed by atoms with van der Waals surface area (Å²) in [5, 5.41) is 27.8. The van der Waals surface area contributed by atoms with Gasteiger partial charge < -0.3 is 30.5 Å². The summed E-state index contributed by atoms with van der Waals surface area (Å²) in [7, 11) is 3.30. The third kappa shape index (κ3) is 10.0. The van der Waals surface area contributed by atoms with E-state index in [1.54, 1.807) is 26.0 Å². The monoisotopic (exact) mass is 601 g/mol. The standard InChI is InChI=1S/C34H55N3O6/c1-23(2)18-29(38)31(40)28(19-25-12-8-6-9-13-25)36-32(41)24(3)22-35-33(42)34(21-30(39)37(4)16-17-43-5)20-27(34)26-14-10-7-11-15-26/h7,10-11,14-15,23-25,27-29,31,38,40H,6,8-9,12-13,16-22H2,1-5H3,(H,35,42)(H,36,41)/t24-,27?,28+,29+,31-,34-/m1/s1. The van der Waals surface area contributed by atoms with Crippen molar-refractivity contribution in [3.63, 3.8) is 0 Å². The van der Waals surface area contributed by atoms with Crippen molar-refractivity contribution in [2.24, 2.45) is 23.2 Å². The zero-order valence-electron chi connectivity index (χ0n) is 26.9. The first-order valence-electron chi connectivity index (χ1n) is 16.2. The van der Waals surface area contributed by atoms with Gasteiger partial charge in [-0.3, -0.25) is 14.4 Å². The maximum Gasteiger partial charge on any atom is 0.227 e. The summed E-state index contributed by atoms with van der Waals surface area (Å²) < 4.78 is 5.11. The maximum absolute atomic E-state index is 13.7. The lowest BCUT2D eigenvalue weighted by atomic mass is 9.82. The van der Waals surface area contributed by atoms with Gasteiger partial charge in [0.15, 0.2) is 0 Å². The van der Waals surface area contributed by atoms with Crippen LogP contribution in [0, 0.1) is 23.2 Å². The molecule has 2 saturated carbocycles. The van der Waals surface area contributed by atoms with Crippen molar-refractivity contribution >= 4 is 17.7 Å². The number of hydrogen-bond acceptors (Lipinski definition) is 6. The molecule has 3 amide bonds. The van der Waals surface area contributed by atoms with E-state index in [1.165, 1.54) is 6.42 Å². The molecule has 3 rings (SSSR count). The molecule has 1 aromatic carbocycles. The Morgan fingerprint density at radius 1 is 1.07 bits per heavy atom. The van der Waals surface area contributed by atoms with Gasteiger partial charge in [-0.25, -0.2) is 0 Å². The highest BCUT2D eigenvalue weighted by Gasteiger charge is 2.61. The summed E-state index contributed by atoms with van der Waals surface area (Å²) in [6.07, 6.45) is 5.39. The predicted octanol–water partition coefficient (Wildman–Crippen LogP) is 3.63. The summed E-state index contributed by atoms with van der Waals surface area (Å²) in [4.78, 5) is 41.7. The largest absolute Gasteiger partial charge is 0.390 e. The van der Waals surface area contributed by atoms with Crippen LogP contribution in [0.3, 0.4) is 0 Å². The van der Waals surface area contributed by atoms with Gasteiger partial charge in [0.05, 0.1) is 30.1 Å². The van der Waals surface area contributed by atoms with Crippen LogP contribution in [-0.2, 0) is 19.1 Å². The zero-order valence-corrected chi connectivity index (χ0v) is 26.9. The molecule has 0 bridgehead atoms. The Labute approximate surface area is 258 Å². The Kier molecular flexibility index (Phi) is 13.5. The third-order valence-electron chi connectivity index (χ3n) is 9.43. The number of aliphatic hydroxyl groups excluding tert-OH is 2. The topological polar surface area (TPSA) is 128 Å².